The molecule has 0 saturated carbocycles. The van der Waals surface area contributed by atoms with E-state index in [1.807, 2.05) is 0 Å². The van der Waals surface area contributed by atoms with E-state index in [-0.39, 0.29) is 30.6 Å². The molecule has 27 heteroatoms. The maximum atomic E-state index is 15.9. The second kappa shape index (κ2) is 31.9. The molecule has 8 atom stereocenters. The molecule has 0 aliphatic heterocycles. The molecule has 0 unspecified atom stereocenters. The number of alkyl halides is 8. The SMILES string of the molecule is CN[C@@H](CC(C)(C)F)C(=O)O[C@H](Cc1ccc(OC(F)(F)F)cc1)C(=O)N(C)[C@@H](CC(C)(C)C)C(=O)O[C@H](C)C(=O)N(C)[C@@H](CC(C)(C)F)C(=O)O[C@H](Cc1ccc(OC(F)(F)F)cc1)C(=O)N(C)[C@@H](CC(C)(C)C)C(=O)O[C@H](C)C(=O)OCc1ccccc1. The molecule has 3 aromatic carbocycles. The molecule has 0 aliphatic rings. The number of esters is 5. The predicted octanol–water partition coefficient (Wildman–Crippen LogP) is 9.92. The number of carbonyl (C=O) groups is 8. The van der Waals surface area contributed by atoms with Gasteiger partial charge in [-0.2, -0.15) is 0 Å². The van der Waals surface area contributed by atoms with Gasteiger partial charge in [0.15, 0.2) is 24.4 Å². The fourth-order valence-corrected chi connectivity index (χ4v) is 9.08. The Labute approximate surface area is 519 Å². The van der Waals surface area contributed by atoms with Crippen molar-refractivity contribution in [1.29, 1.82) is 0 Å². The van der Waals surface area contributed by atoms with E-state index in [0.29, 0.717) is 10.5 Å². The van der Waals surface area contributed by atoms with Gasteiger partial charge < -0.3 is 53.2 Å². The number of hydrogen-bond donors (Lipinski definition) is 1. The highest BCUT2D eigenvalue weighted by Gasteiger charge is 2.44. The third-order valence-corrected chi connectivity index (χ3v) is 13.6. The number of carbonyl (C=O) groups excluding carboxylic acids is 8. The highest BCUT2D eigenvalue weighted by Crippen LogP contribution is 2.31. The summed E-state index contributed by atoms with van der Waals surface area (Å²) in [5.74, 6) is -10.3. The first-order valence-corrected chi connectivity index (χ1v) is 28.7. The van der Waals surface area contributed by atoms with Crippen molar-refractivity contribution in [3.63, 3.8) is 0 Å². The summed E-state index contributed by atoms with van der Waals surface area (Å²) >= 11 is 0. The average Bonchev–Trinajstić information content (AvgIpc) is 0.855. The number of nitrogens with one attached hydrogen (secondary N) is 1. The van der Waals surface area contributed by atoms with Crippen LogP contribution in [0.3, 0.4) is 0 Å². The number of ether oxygens (including phenoxy) is 7. The van der Waals surface area contributed by atoms with Crippen molar-refractivity contribution in [2.75, 3.05) is 28.2 Å². The molecule has 3 aromatic rings. The van der Waals surface area contributed by atoms with E-state index in [2.05, 4.69) is 14.8 Å². The molecule has 0 aromatic heterocycles. The van der Waals surface area contributed by atoms with Crippen molar-refractivity contribution in [1.82, 2.24) is 20.0 Å². The molecule has 0 fully saturated rings. The lowest BCUT2D eigenvalue weighted by Gasteiger charge is -2.36. The minimum absolute atomic E-state index is 0.0792. The van der Waals surface area contributed by atoms with E-state index in [4.69, 9.17) is 23.7 Å². The first-order chi connectivity index (χ1) is 41.2. The molecule has 0 spiro atoms. The number of rotatable bonds is 30. The quantitative estimate of drug-likeness (QED) is 0.0372. The summed E-state index contributed by atoms with van der Waals surface area (Å²) in [5, 5.41) is 2.63. The van der Waals surface area contributed by atoms with Gasteiger partial charge >= 0.3 is 42.6 Å². The summed E-state index contributed by atoms with van der Waals surface area (Å²) in [7, 11) is 4.72. The van der Waals surface area contributed by atoms with Gasteiger partial charge in [-0.15, -0.1) is 26.3 Å². The molecule has 3 rings (SSSR count). The van der Waals surface area contributed by atoms with Crippen LogP contribution in [0.25, 0.3) is 0 Å². The van der Waals surface area contributed by atoms with Crippen LogP contribution in [0.4, 0.5) is 35.1 Å². The first kappa shape index (κ1) is 76.7. The molecule has 0 radical (unpaired) electrons. The Balaban J connectivity index is 2.05. The number of halogens is 8. The van der Waals surface area contributed by atoms with Crippen LogP contribution in [-0.4, -0.2) is 163 Å². The lowest BCUT2D eigenvalue weighted by Crippen LogP contribution is -2.54. The molecule has 90 heavy (non-hydrogen) atoms. The molecule has 1 N–H and O–H groups in total. The highest BCUT2D eigenvalue weighted by atomic mass is 19.4. The second-order valence-corrected chi connectivity index (χ2v) is 25.5. The lowest BCUT2D eigenvalue weighted by molar-refractivity contribution is -0.275. The maximum Gasteiger partial charge on any atom is 0.573 e. The van der Waals surface area contributed by atoms with Crippen molar-refractivity contribution >= 4 is 47.6 Å². The van der Waals surface area contributed by atoms with Crippen LogP contribution in [0, 0.1) is 10.8 Å². The third kappa shape index (κ3) is 26.9. The van der Waals surface area contributed by atoms with Crippen LogP contribution in [0.2, 0.25) is 0 Å². The summed E-state index contributed by atoms with van der Waals surface area (Å²) < 4.78 is 145. The van der Waals surface area contributed by atoms with Crippen molar-refractivity contribution in [2.24, 2.45) is 10.8 Å². The Kier molecular flexibility index (Phi) is 27.2. The third-order valence-electron chi connectivity index (χ3n) is 13.6. The Morgan fingerprint density at radius 1 is 0.433 bits per heavy atom. The van der Waals surface area contributed by atoms with Crippen LogP contribution in [0.5, 0.6) is 11.5 Å². The molecular formula is C63H84F8N4O15. The van der Waals surface area contributed by atoms with Crippen LogP contribution in [0.15, 0.2) is 78.9 Å². The van der Waals surface area contributed by atoms with Gasteiger partial charge in [-0.05, 0) is 113 Å². The summed E-state index contributed by atoms with van der Waals surface area (Å²) in [6.07, 6.45) is -19.9. The molecule has 19 nitrogen and oxygen atoms in total. The molecule has 0 saturated heterocycles. The van der Waals surface area contributed by atoms with Gasteiger partial charge in [0.2, 0.25) is 0 Å². The second-order valence-electron chi connectivity index (χ2n) is 25.5. The minimum atomic E-state index is -5.08. The van der Waals surface area contributed by atoms with Crippen molar-refractivity contribution < 1.29 is 107 Å². The van der Waals surface area contributed by atoms with Crippen LogP contribution >= 0.6 is 0 Å². The largest absolute Gasteiger partial charge is 0.573 e. The van der Waals surface area contributed by atoms with Gasteiger partial charge in [-0.25, -0.2) is 28.0 Å². The van der Waals surface area contributed by atoms with Gasteiger partial charge in [0.25, 0.3) is 17.7 Å². The van der Waals surface area contributed by atoms with E-state index in [1.54, 1.807) is 71.9 Å². The fourth-order valence-electron chi connectivity index (χ4n) is 9.08. The van der Waals surface area contributed by atoms with E-state index in [1.165, 1.54) is 47.0 Å². The predicted molar refractivity (Wildman–Crippen MR) is 311 cm³/mol. The number of amides is 3. The fraction of sp³-hybridized carbons (Fsp3) is 0.587. The van der Waals surface area contributed by atoms with Gasteiger partial charge in [-0.1, -0.05) is 96.1 Å². The average molecular weight is 1290 g/mol. The Bertz CT molecular complexity index is 2890. The molecule has 0 bridgehead atoms. The zero-order valence-electron chi connectivity index (χ0n) is 53.6. The van der Waals surface area contributed by atoms with Gasteiger partial charge in [0.05, 0.1) is 0 Å². The van der Waals surface area contributed by atoms with E-state index < -0.39 is 168 Å². The normalized spacial score (nSPS) is 15.0. The lowest BCUT2D eigenvalue weighted by atomic mass is 9.87. The molecule has 3 amide bonds. The first-order valence-electron chi connectivity index (χ1n) is 28.7. The molecule has 502 valence electrons. The monoisotopic (exact) mass is 1290 g/mol. The standard InChI is InChI=1S/C63H84F8N4O15/c1-37(85-55(81)45(33-58(3,4)5)74(15)51(77)48(87-54(80)44(72-13)32-60(9,10)64)30-39-22-26-42(27-23-39)89-62(66,67)68)50(76)73(14)47(35-61(11,12)65)57(83)88-49(31-40-24-28-43(29-25-40)90-63(69,70)71)52(78)75(16)46(34-59(6,7)8)56(82)86-38(2)53(79)84-36-41-20-18-17-19-21-41/h17-29,37-38,44-49,72H,30-36H2,1-16H3/t37-,38-,44+,45+,46+,47+,48-,49-/m1/s1. The van der Waals surface area contributed by atoms with Crippen molar-refractivity contribution in [3.8, 4) is 11.5 Å². The number of nitrogens with zero attached hydrogens (tertiary/aromatic N) is 3. The van der Waals surface area contributed by atoms with E-state index in [0.717, 1.165) is 81.1 Å². The molecule has 0 aliphatic carbocycles. The summed E-state index contributed by atoms with van der Waals surface area (Å²) in [4.78, 5) is 116. The van der Waals surface area contributed by atoms with Crippen molar-refractivity contribution in [3.05, 3.63) is 95.6 Å². The number of likely N-dealkylation sites (N-methyl/N-ethyl adjacent to an activating group) is 4. The van der Waals surface area contributed by atoms with Gasteiger partial charge in [0, 0.05) is 46.8 Å². The number of hydrogen-bond acceptors (Lipinski definition) is 16. The summed E-state index contributed by atoms with van der Waals surface area (Å²) in [6, 6.07) is 10.6. The highest BCUT2D eigenvalue weighted by molar-refractivity contribution is 5.93. The zero-order valence-corrected chi connectivity index (χ0v) is 53.6. The Morgan fingerprint density at radius 2 is 0.789 bits per heavy atom. The minimum Gasteiger partial charge on any atom is -0.458 e. The van der Waals surface area contributed by atoms with Gasteiger partial charge in [0.1, 0.15) is 53.6 Å². The Hall–Kier alpha value is -7.58. The molecule has 0 heterocycles. The van der Waals surface area contributed by atoms with Crippen LogP contribution in [0.1, 0.15) is 125 Å². The van der Waals surface area contributed by atoms with Crippen LogP contribution < -0.4 is 14.8 Å². The topological polar surface area (TPSA) is 223 Å². The van der Waals surface area contributed by atoms with E-state index >= 15 is 4.39 Å². The molecular weight excluding hydrogens is 1200 g/mol. The Morgan fingerprint density at radius 3 is 1.16 bits per heavy atom. The maximum absolute atomic E-state index is 15.9. The number of benzene rings is 3. The summed E-state index contributed by atoms with van der Waals surface area (Å²) in [6.45, 7) is 17.0. The zero-order chi connectivity index (χ0) is 68.7. The van der Waals surface area contributed by atoms with E-state index in [9.17, 15) is 69.1 Å². The van der Waals surface area contributed by atoms with Crippen LogP contribution in [-0.2, 0) is 81.5 Å². The summed E-state index contributed by atoms with van der Waals surface area (Å²) in [5.41, 5.74) is -4.89. The smallest absolute Gasteiger partial charge is 0.458 e. The van der Waals surface area contributed by atoms with Gasteiger partial charge in [-0.3, -0.25) is 19.2 Å². The van der Waals surface area contributed by atoms with Crippen molar-refractivity contribution in [2.45, 2.75) is 201 Å².